The summed E-state index contributed by atoms with van der Waals surface area (Å²) in [5, 5.41) is 5.31. The van der Waals surface area contributed by atoms with Crippen LogP contribution in [0, 0.1) is 6.92 Å². The number of hydrazone groups is 1. The maximum absolute atomic E-state index is 5.40. The number of nitrogens with one attached hydrogen (secondary N) is 1. The Morgan fingerprint density at radius 2 is 1.79 bits per heavy atom. The van der Waals surface area contributed by atoms with Crippen LogP contribution in [-0.2, 0) is 0 Å². The molecule has 0 saturated carbocycles. The third kappa shape index (κ3) is 3.48. The highest BCUT2D eigenvalue weighted by molar-refractivity contribution is 5.93. The zero-order valence-electron chi connectivity index (χ0n) is 15.8. The Morgan fingerprint density at radius 3 is 2.69 bits per heavy atom. The van der Waals surface area contributed by atoms with Gasteiger partial charge in [0, 0.05) is 10.9 Å². The topological polar surface area (TPSA) is 68.6 Å². The third-order valence-electron chi connectivity index (χ3n) is 4.67. The van der Waals surface area contributed by atoms with Crippen molar-refractivity contribution in [3.63, 3.8) is 0 Å². The number of ether oxygens (including phenoxy) is 2. The first-order valence-electron chi connectivity index (χ1n) is 9.29. The van der Waals surface area contributed by atoms with Crippen LogP contribution < -0.4 is 14.9 Å². The molecule has 0 amide bonds. The lowest BCUT2D eigenvalue weighted by molar-refractivity contribution is 0.174. The van der Waals surface area contributed by atoms with Crippen molar-refractivity contribution in [2.24, 2.45) is 5.10 Å². The molecule has 3 aromatic carbocycles. The van der Waals surface area contributed by atoms with Gasteiger partial charge in [-0.05, 0) is 42.3 Å². The zero-order valence-corrected chi connectivity index (χ0v) is 15.8. The molecule has 0 saturated heterocycles. The number of benzene rings is 3. The molecule has 0 spiro atoms. The van der Waals surface area contributed by atoms with Gasteiger partial charge in [0.05, 0.1) is 17.4 Å². The molecule has 6 nitrogen and oxygen atoms in total. The van der Waals surface area contributed by atoms with Crippen molar-refractivity contribution in [1.82, 2.24) is 9.97 Å². The second-order valence-electron chi connectivity index (χ2n) is 6.77. The minimum Gasteiger partial charge on any atom is -0.454 e. The predicted molar refractivity (Wildman–Crippen MR) is 113 cm³/mol. The van der Waals surface area contributed by atoms with Crippen molar-refractivity contribution in [1.29, 1.82) is 0 Å². The lowest BCUT2D eigenvalue weighted by atomic mass is 10.1. The van der Waals surface area contributed by atoms with Crippen molar-refractivity contribution >= 4 is 23.1 Å². The van der Waals surface area contributed by atoms with Crippen LogP contribution >= 0.6 is 0 Å². The number of anilines is 1. The molecule has 6 heteroatoms. The molecule has 0 radical (unpaired) electrons. The average Bonchev–Trinajstić information content (AvgIpc) is 3.21. The molecular formula is C23H18N4O2. The molecule has 1 N–H and O–H groups in total. The van der Waals surface area contributed by atoms with Crippen molar-refractivity contribution in [3.05, 3.63) is 77.9 Å². The number of rotatable bonds is 4. The van der Waals surface area contributed by atoms with Gasteiger partial charge in [-0.25, -0.2) is 15.4 Å². The van der Waals surface area contributed by atoms with Crippen molar-refractivity contribution < 1.29 is 9.47 Å². The van der Waals surface area contributed by atoms with E-state index >= 15 is 0 Å². The number of hydrogen-bond acceptors (Lipinski definition) is 6. The van der Waals surface area contributed by atoms with Gasteiger partial charge in [-0.3, -0.25) is 0 Å². The molecule has 1 aliphatic heterocycles. The summed E-state index contributed by atoms with van der Waals surface area (Å²) in [6.45, 7) is 2.30. The van der Waals surface area contributed by atoms with Gasteiger partial charge in [0.15, 0.2) is 11.5 Å². The normalized spacial score (nSPS) is 12.6. The van der Waals surface area contributed by atoms with Gasteiger partial charge < -0.3 is 9.47 Å². The maximum Gasteiger partial charge on any atom is 0.244 e. The van der Waals surface area contributed by atoms with Crippen LogP contribution in [0.3, 0.4) is 0 Å². The fraction of sp³-hybridized carbons (Fsp3) is 0.0870. The summed E-state index contributed by atoms with van der Waals surface area (Å²) in [6, 6.07) is 21.9. The van der Waals surface area contributed by atoms with Crippen LogP contribution in [0.5, 0.6) is 11.5 Å². The predicted octanol–water partition coefficient (Wildman–Crippen LogP) is 4.78. The van der Waals surface area contributed by atoms with Crippen LogP contribution in [0.2, 0.25) is 0 Å². The largest absolute Gasteiger partial charge is 0.454 e. The standard InChI is InChI=1S/C23H18N4O2/c1-15-7-9-18-19(11-15)25-23(26-22(18)17-5-3-2-4-6-17)27-24-13-16-8-10-20-21(12-16)29-14-28-20/h2-13H,14H2,1H3,(H,25,26,27). The van der Waals surface area contributed by atoms with E-state index in [-0.39, 0.29) is 6.79 Å². The lowest BCUT2D eigenvalue weighted by Crippen LogP contribution is -2.00. The number of aromatic nitrogens is 2. The van der Waals surface area contributed by atoms with Gasteiger partial charge in [-0.15, -0.1) is 0 Å². The first-order valence-corrected chi connectivity index (χ1v) is 9.29. The third-order valence-corrected chi connectivity index (χ3v) is 4.67. The molecule has 0 unspecified atom stereocenters. The highest BCUT2D eigenvalue weighted by Crippen LogP contribution is 2.32. The molecule has 0 fully saturated rings. The first kappa shape index (κ1) is 17.2. The Hall–Kier alpha value is -3.93. The number of fused-ring (bicyclic) bond motifs is 2. The summed E-state index contributed by atoms with van der Waals surface area (Å²) in [4.78, 5) is 9.34. The quantitative estimate of drug-likeness (QED) is 0.406. The number of hydrogen-bond donors (Lipinski definition) is 1. The first-order chi connectivity index (χ1) is 14.3. The summed E-state index contributed by atoms with van der Waals surface area (Å²) < 4.78 is 10.7. The molecule has 0 bridgehead atoms. The van der Waals surface area contributed by atoms with Crippen LogP contribution in [0.15, 0.2) is 71.8 Å². The highest BCUT2D eigenvalue weighted by atomic mass is 16.7. The van der Waals surface area contributed by atoms with Crippen LogP contribution in [0.1, 0.15) is 11.1 Å². The van der Waals surface area contributed by atoms with E-state index in [2.05, 4.69) is 40.6 Å². The van der Waals surface area contributed by atoms with Crippen molar-refractivity contribution in [3.8, 4) is 22.8 Å². The summed E-state index contributed by atoms with van der Waals surface area (Å²) in [5.74, 6) is 1.91. The van der Waals surface area contributed by atoms with E-state index in [1.807, 2.05) is 48.5 Å². The summed E-state index contributed by atoms with van der Waals surface area (Å²) in [5.41, 5.74) is 7.77. The summed E-state index contributed by atoms with van der Waals surface area (Å²) in [7, 11) is 0. The lowest BCUT2D eigenvalue weighted by Gasteiger charge is -2.09. The van der Waals surface area contributed by atoms with Gasteiger partial charge in [-0.2, -0.15) is 5.10 Å². The molecule has 0 atom stereocenters. The SMILES string of the molecule is Cc1ccc2c(-c3ccccc3)nc(NN=Cc3ccc4c(c3)OCO4)nc2c1. The monoisotopic (exact) mass is 382 g/mol. The zero-order chi connectivity index (χ0) is 19.6. The second kappa shape index (κ2) is 7.24. The Kier molecular flexibility index (Phi) is 4.29. The van der Waals surface area contributed by atoms with E-state index in [0.717, 1.165) is 44.8 Å². The van der Waals surface area contributed by atoms with E-state index in [0.29, 0.717) is 5.95 Å². The van der Waals surface area contributed by atoms with E-state index in [9.17, 15) is 0 Å². The molecule has 142 valence electrons. The van der Waals surface area contributed by atoms with Crippen molar-refractivity contribution in [2.75, 3.05) is 12.2 Å². The van der Waals surface area contributed by atoms with E-state index in [4.69, 9.17) is 14.5 Å². The average molecular weight is 382 g/mol. The van der Waals surface area contributed by atoms with Crippen molar-refractivity contribution in [2.45, 2.75) is 6.92 Å². The number of nitrogens with zero attached hydrogens (tertiary/aromatic N) is 3. The van der Waals surface area contributed by atoms with E-state index < -0.39 is 0 Å². The van der Waals surface area contributed by atoms with Gasteiger partial charge >= 0.3 is 0 Å². The molecule has 4 aromatic rings. The fourth-order valence-corrected chi connectivity index (χ4v) is 3.26. The van der Waals surface area contributed by atoms with Crippen LogP contribution in [0.4, 0.5) is 5.95 Å². The highest BCUT2D eigenvalue weighted by Gasteiger charge is 2.13. The van der Waals surface area contributed by atoms with E-state index in [1.165, 1.54) is 0 Å². The van der Waals surface area contributed by atoms with Gasteiger partial charge in [0.2, 0.25) is 12.7 Å². The molecule has 2 heterocycles. The number of aryl methyl sites for hydroxylation is 1. The molecular weight excluding hydrogens is 364 g/mol. The molecule has 1 aliphatic rings. The Morgan fingerprint density at radius 1 is 0.931 bits per heavy atom. The van der Waals surface area contributed by atoms with Gasteiger partial charge in [0.1, 0.15) is 0 Å². The van der Waals surface area contributed by atoms with Gasteiger partial charge in [0.25, 0.3) is 0 Å². The second-order valence-corrected chi connectivity index (χ2v) is 6.77. The Bertz CT molecular complexity index is 1220. The minimum atomic E-state index is 0.251. The minimum absolute atomic E-state index is 0.251. The summed E-state index contributed by atoms with van der Waals surface area (Å²) in [6.07, 6.45) is 1.70. The smallest absolute Gasteiger partial charge is 0.244 e. The molecule has 1 aromatic heterocycles. The Balaban J connectivity index is 1.48. The van der Waals surface area contributed by atoms with E-state index in [1.54, 1.807) is 6.21 Å². The molecule has 0 aliphatic carbocycles. The maximum atomic E-state index is 5.40. The van der Waals surface area contributed by atoms with Gasteiger partial charge in [-0.1, -0.05) is 42.5 Å². The van der Waals surface area contributed by atoms with Crippen LogP contribution in [0.25, 0.3) is 22.2 Å². The Labute approximate surface area is 167 Å². The summed E-state index contributed by atoms with van der Waals surface area (Å²) >= 11 is 0. The van der Waals surface area contributed by atoms with Crippen LogP contribution in [-0.4, -0.2) is 23.0 Å². The molecule has 29 heavy (non-hydrogen) atoms. The molecule has 5 rings (SSSR count). The fourth-order valence-electron chi connectivity index (χ4n) is 3.26.